The van der Waals surface area contributed by atoms with Gasteiger partial charge in [0.1, 0.15) is 12.7 Å². The lowest BCUT2D eigenvalue weighted by Crippen LogP contribution is -2.37. The van der Waals surface area contributed by atoms with Crippen LogP contribution in [0, 0.1) is 12.3 Å². The number of carbonyl (C=O) groups excluding carboxylic acids is 2. The summed E-state index contributed by atoms with van der Waals surface area (Å²) in [4.78, 5) is 24.2. The largest absolute Gasteiger partial charge is 0.493 e. The van der Waals surface area contributed by atoms with Gasteiger partial charge in [0.2, 0.25) is 5.91 Å². The minimum Gasteiger partial charge on any atom is -0.493 e. The lowest BCUT2D eigenvalue weighted by molar-refractivity contribution is -0.129. The Balaban J connectivity index is 1.83. The maximum absolute atomic E-state index is 12.1. The molecule has 0 radical (unpaired) electrons. The number of amides is 1. The standard InChI is InChI=1S/C22H22ClNO5/c1-3-12-29-20-9-4-15(13-21(20)28-2)10-11-24-22(27)19(26)14-18(25)16-5-7-17(23)8-6-16/h1,4-9,13,19,26H,10-12,14H2,2H3,(H,24,27). The molecule has 0 saturated carbocycles. The van der Waals surface area contributed by atoms with Crippen LogP contribution >= 0.6 is 11.6 Å². The molecule has 1 atom stereocenters. The molecule has 0 saturated heterocycles. The van der Waals surface area contributed by atoms with E-state index in [9.17, 15) is 14.7 Å². The highest BCUT2D eigenvalue weighted by atomic mass is 35.5. The SMILES string of the molecule is C#CCOc1ccc(CCNC(=O)C(O)CC(=O)c2ccc(Cl)cc2)cc1OC. The van der Waals surface area contributed by atoms with Gasteiger partial charge in [0.15, 0.2) is 17.3 Å². The van der Waals surface area contributed by atoms with Gasteiger partial charge in [-0.2, -0.15) is 0 Å². The van der Waals surface area contributed by atoms with Crippen LogP contribution in [0.5, 0.6) is 11.5 Å². The lowest BCUT2D eigenvalue weighted by atomic mass is 10.0. The summed E-state index contributed by atoms with van der Waals surface area (Å²) in [5.41, 5.74) is 1.29. The first-order valence-corrected chi connectivity index (χ1v) is 9.30. The monoisotopic (exact) mass is 415 g/mol. The van der Waals surface area contributed by atoms with Crippen molar-refractivity contribution in [2.24, 2.45) is 0 Å². The van der Waals surface area contributed by atoms with Crippen molar-refractivity contribution in [2.75, 3.05) is 20.3 Å². The van der Waals surface area contributed by atoms with Crippen molar-refractivity contribution in [3.8, 4) is 23.8 Å². The third-order valence-electron chi connectivity index (χ3n) is 4.10. The van der Waals surface area contributed by atoms with Gasteiger partial charge in [0.05, 0.1) is 7.11 Å². The van der Waals surface area contributed by atoms with Crippen LogP contribution in [0.3, 0.4) is 0 Å². The molecule has 1 amide bonds. The first-order valence-electron chi connectivity index (χ1n) is 8.92. The molecule has 0 aromatic heterocycles. The van der Waals surface area contributed by atoms with Gasteiger partial charge in [-0.1, -0.05) is 23.6 Å². The predicted molar refractivity (Wildman–Crippen MR) is 110 cm³/mol. The molecule has 2 aromatic carbocycles. The number of aliphatic hydroxyl groups is 1. The highest BCUT2D eigenvalue weighted by Crippen LogP contribution is 2.28. The molecule has 0 spiro atoms. The zero-order valence-electron chi connectivity index (χ0n) is 16.0. The number of halogens is 1. The van der Waals surface area contributed by atoms with Crippen molar-refractivity contribution >= 4 is 23.3 Å². The molecule has 6 nitrogen and oxygen atoms in total. The van der Waals surface area contributed by atoms with Gasteiger partial charge in [-0.25, -0.2) is 0 Å². The second kappa shape index (κ2) is 11.1. The Bertz CT molecular complexity index is 889. The topological polar surface area (TPSA) is 84.9 Å². The van der Waals surface area contributed by atoms with Gasteiger partial charge in [-0.15, -0.1) is 6.42 Å². The van der Waals surface area contributed by atoms with Gasteiger partial charge in [-0.05, 0) is 48.4 Å². The molecule has 2 N–H and O–H groups in total. The van der Waals surface area contributed by atoms with E-state index in [2.05, 4.69) is 11.2 Å². The number of methoxy groups -OCH3 is 1. The second-order valence-electron chi connectivity index (χ2n) is 6.17. The highest BCUT2D eigenvalue weighted by Gasteiger charge is 2.19. The van der Waals surface area contributed by atoms with E-state index in [0.29, 0.717) is 35.1 Å². The van der Waals surface area contributed by atoms with Gasteiger partial charge < -0.3 is 19.9 Å². The Morgan fingerprint density at radius 2 is 1.93 bits per heavy atom. The molecule has 0 heterocycles. The quantitative estimate of drug-likeness (QED) is 0.460. The zero-order chi connectivity index (χ0) is 21.2. The van der Waals surface area contributed by atoms with E-state index in [4.69, 9.17) is 27.5 Å². The Labute approximate surface area is 174 Å². The molecular weight excluding hydrogens is 394 g/mol. The van der Waals surface area contributed by atoms with Crippen LogP contribution in [0.2, 0.25) is 5.02 Å². The number of rotatable bonds is 10. The minimum atomic E-state index is -1.42. The molecule has 0 bridgehead atoms. The van der Waals surface area contributed by atoms with Crippen LogP contribution in [0.15, 0.2) is 42.5 Å². The maximum Gasteiger partial charge on any atom is 0.249 e. The maximum atomic E-state index is 12.1. The van der Waals surface area contributed by atoms with Gasteiger partial charge >= 0.3 is 0 Å². The number of hydrogen-bond donors (Lipinski definition) is 2. The number of ketones is 1. The minimum absolute atomic E-state index is 0.137. The van der Waals surface area contributed by atoms with E-state index in [-0.39, 0.29) is 18.8 Å². The number of carbonyl (C=O) groups is 2. The summed E-state index contributed by atoms with van der Waals surface area (Å²) in [6.07, 6.45) is 3.96. The molecule has 1 unspecified atom stereocenters. The molecule has 0 aliphatic heterocycles. The van der Waals surface area contributed by atoms with Crippen molar-refractivity contribution in [3.63, 3.8) is 0 Å². The molecule has 0 fully saturated rings. The van der Waals surface area contributed by atoms with E-state index < -0.39 is 12.0 Å². The van der Waals surface area contributed by atoms with Crippen LogP contribution < -0.4 is 14.8 Å². The highest BCUT2D eigenvalue weighted by molar-refractivity contribution is 6.30. The number of terminal acetylenes is 1. The molecule has 2 rings (SSSR count). The summed E-state index contributed by atoms with van der Waals surface area (Å²) in [5, 5.41) is 13.1. The van der Waals surface area contributed by atoms with Crippen LogP contribution in [0.1, 0.15) is 22.3 Å². The van der Waals surface area contributed by atoms with E-state index in [0.717, 1.165) is 5.56 Å². The Morgan fingerprint density at radius 3 is 2.59 bits per heavy atom. The van der Waals surface area contributed by atoms with E-state index in [1.54, 1.807) is 36.4 Å². The lowest BCUT2D eigenvalue weighted by Gasteiger charge is -2.13. The average Bonchev–Trinajstić information content (AvgIpc) is 2.72. The van der Waals surface area contributed by atoms with Crippen molar-refractivity contribution < 1.29 is 24.2 Å². The number of hydrogen-bond acceptors (Lipinski definition) is 5. The summed E-state index contributed by atoms with van der Waals surface area (Å²) < 4.78 is 10.7. The summed E-state index contributed by atoms with van der Waals surface area (Å²) in [6, 6.07) is 11.6. The molecule has 2 aromatic rings. The van der Waals surface area contributed by atoms with Gasteiger partial charge in [-0.3, -0.25) is 9.59 Å². The first kappa shape index (κ1) is 22.3. The fourth-order valence-electron chi connectivity index (χ4n) is 2.58. The zero-order valence-corrected chi connectivity index (χ0v) is 16.7. The fourth-order valence-corrected chi connectivity index (χ4v) is 2.70. The van der Waals surface area contributed by atoms with Crippen molar-refractivity contribution in [3.05, 3.63) is 58.6 Å². The Morgan fingerprint density at radius 1 is 1.21 bits per heavy atom. The summed E-state index contributed by atoms with van der Waals surface area (Å²) in [7, 11) is 1.53. The van der Waals surface area contributed by atoms with Crippen LogP contribution in [0.25, 0.3) is 0 Å². The smallest absolute Gasteiger partial charge is 0.249 e. The van der Waals surface area contributed by atoms with Crippen LogP contribution in [-0.2, 0) is 11.2 Å². The van der Waals surface area contributed by atoms with Crippen LogP contribution in [0.4, 0.5) is 0 Å². The summed E-state index contributed by atoms with van der Waals surface area (Å²) in [5.74, 6) is 2.52. The van der Waals surface area contributed by atoms with Crippen molar-refractivity contribution in [2.45, 2.75) is 18.9 Å². The first-order chi connectivity index (χ1) is 13.9. The number of benzene rings is 2. The predicted octanol–water partition coefficient (Wildman–Crippen LogP) is 2.65. The number of ether oxygens (including phenoxy) is 2. The normalized spacial score (nSPS) is 11.2. The van der Waals surface area contributed by atoms with Gasteiger partial charge in [0, 0.05) is 23.6 Å². The Hall–Kier alpha value is -3.01. The van der Waals surface area contributed by atoms with Crippen molar-refractivity contribution in [1.82, 2.24) is 5.32 Å². The molecule has 7 heteroatoms. The molecule has 0 aliphatic rings. The van der Waals surface area contributed by atoms with E-state index in [1.165, 1.54) is 7.11 Å². The molecular formula is C22H22ClNO5. The average molecular weight is 416 g/mol. The molecule has 29 heavy (non-hydrogen) atoms. The number of nitrogens with one attached hydrogen (secondary N) is 1. The second-order valence-corrected chi connectivity index (χ2v) is 6.61. The Kier molecular flexibility index (Phi) is 8.53. The molecule has 0 aliphatic carbocycles. The number of Topliss-reactive ketones (excluding diaryl/α,β-unsaturated/α-hetero) is 1. The third kappa shape index (κ3) is 6.83. The number of aliphatic hydroxyl groups excluding tert-OH is 1. The third-order valence-corrected chi connectivity index (χ3v) is 4.35. The molecule has 152 valence electrons. The van der Waals surface area contributed by atoms with E-state index in [1.807, 2.05) is 6.07 Å². The van der Waals surface area contributed by atoms with Crippen LogP contribution in [-0.4, -0.2) is 43.2 Å². The summed E-state index contributed by atoms with van der Waals surface area (Å²) in [6.45, 7) is 0.428. The summed E-state index contributed by atoms with van der Waals surface area (Å²) >= 11 is 5.78. The van der Waals surface area contributed by atoms with Crippen molar-refractivity contribution in [1.29, 1.82) is 0 Å². The van der Waals surface area contributed by atoms with Gasteiger partial charge in [0.25, 0.3) is 0 Å². The van der Waals surface area contributed by atoms with E-state index >= 15 is 0 Å². The fraction of sp³-hybridized carbons (Fsp3) is 0.273.